The van der Waals surface area contributed by atoms with E-state index in [1.165, 1.54) is 19.2 Å². The summed E-state index contributed by atoms with van der Waals surface area (Å²) in [5.41, 5.74) is -0.627. The number of carbonyl (C=O) groups excluding carboxylic acids is 2. The molecule has 0 fully saturated rings. The lowest BCUT2D eigenvalue weighted by atomic mass is 10.2. The second-order valence-electron chi connectivity index (χ2n) is 6.12. The average Bonchev–Trinajstić information content (AvgIpc) is 2.73. The van der Waals surface area contributed by atoms with Gasteiger partial charge in [0, 0.05) is 11.8 Å². The van der Waals surface area contributed by atoms with Crippen LogP contribution < -0.4 is 14.8 Å². The van der Waals surface area contributed by atoms with Gasteiger partial charge in [-0.15, -0.1) is 0 Å². The van der Waals surface area contributed by atoms with Gasteiger partial charge in [0.2, 0.25) is 5.82 Å². The van der Waals surface area contributed by atoms with Crippen LogP contribution in [0, 0.1) is 15.9 Å². The Morgan fingerprint density at radius 2 is 1.93 bits per heavy atom. The molecule has 30 heavy (non-hydrogen) atoms. The summed E-state index contributed by atoms with van der Waals surface area (Å²) in [6.07, 6.45) is 1.85. The van der Waals surface area contributed by atoms with E-state index in [-0.39, 0.29) is 11.3 Å². The number of rotatable bonds is 10. The molecule has 10 heteroatoms. The Hall–Kier alpha value is -3.69. The molecule has 9 nitrogen and oxygen atoms in total. The lowest BCUT2D eigenvalue weighted by Gasteiger charge is -2.12. The van der Waals surface area contributed by atoms with Gasteiger partial charge in [0.25, 0.3) is 5.91 Å². The predicted molar refractivity (Wildman–Crippen MR) is 105 cm³/mol. The normalized spacial score (nSPS) is 10.2. The molecule has 0 aliphatic heterocycles. The third kappa shape index (κ3) is 6.16. The molecule has 2 aromatic rings. The van der Waals surface area contributed by atoms with Crippen LogP contribution in [0.3, 0.4) is 0 Å². The van der Waals surface area contributed by atoms with Crippen LogP contribution in [0.2, 0.25) is 0 Å². The number of nitrogens with zero attached hydrogens (tertiary/aromatic N) is 1. The fourth-order valence-corrected chi connectivity index (χ4v) is 2.38. The number of unbranched alkanes of at least 4 members (excludes halogenated alkanes) is 1. The second-order valence-corrected chi connectivity index (χ2v) is 6.12. The zero-order valence-electron chi connectivity index (χ0n) is 16.5. The summed E-state index contributed by atoms with van der Waals surface area (Å²) in [7, 11) is 1.44. The van der Waals surface area contributed by atoms with Crippen LogP contribution in [0.1, 0.15) is 30.1 Å². The first-order chi connectivity index (χ1) is 14.3. The summed E-state index contributed by atoms with van der Waals surface area (Å²) in [6, 6.07) is 7.37. The highest BCUT2D eigenvalue weighted by atomic mass is 19.1. The highest BCUT2D eigenvalue weighted by molar-refractivity contribution is 5.96. The van der Waals surface area contributed by atoms with Crippen molar-refractivity contribution in [3.8, 4) is 11.5 Å². The van der Waals surface area contributed by atoms with Crippen molar-refractivity contribution in [2.45, 2.75) is 19.8 Å². The maximum atomic E-state index is 13.3. The van der Waals surface area contributed by atoms with Gasteiger partial charge >= 0.3 is 11.7 Å². The molecule has 2 rings (SSSR count). The van der Waals surface area contributed by atoms with Crippen LogP contribution in [0.5, 0.6) is 11.5 Å². The molecule has 2 aromatic carbocycles. The van der Waals surface area contributed by atoms with Gasteiger partial charge in [-0.1, -0.05) is 13.3 Å². The second kappa shape index (κ2) is 10.7. The Bertz CT molecular complexity index is 933. The monoisotopic (exact) mass is 420 g/mol. The van der Waals surface area contributed by atoms with Crippen molar-refractivity contribution in [3.05, 3.63) is 57.9 Å². The third-order valence-electron chi connectivity index (χ3n) is 3.92. The van der Waals surface area contributed by atoms with E-state index < -0.39 is 34.9 Å². The molecule has 0 aliphatic carbocycles. The summed E-state index contributed by atoms with van der Waals surface area (Å²) in [5, 5.41) is 13.0. The molecule has 0 saturated carbocycles. The van der Waals surface area contributed by atoms with Crippen molar-refractivity contribution < 1.29 is 33.1 Å². The summed E-state index contributed by atoms with van der Waals surface area (Å²) in [5.74, 6) is -1.70. The smallest absolute Gasteiger partial charge is 0.338 e. The number of halogens is 1. The Morgan fingerprint density at radius 1 is 1.17 bits per heavy atom. The van der Waals surface area contributed by atoms with Crippen molar-refractivity contribution in [1.29, 1.82) is 0 Å². The number of hydrogen-bond acceptors (Lipinski definition) is 7. The Labute approximate surface area is 171 Å². The standard InChI is InChI=1S/C20H21FN2O7/c1-3-4-9-29-17-8-5-13(10-18(17)28-2)20(25)30-12-19(24)22-14-6-7-15(21)16(11-14)23(26)27/h5-8,10-11H,3-4,9,12H2,1-2H3,(H,22,24). The molecule has 0 atom stereocenters. The quantitative estimate of drug-likeness (QED) is 0.269. The number of hydrogen-bond donors (Lipinski definition) is 1. The first-order valence-electron chi connectivity index (χ1n) is 9.07. The molecular weight excluding hydrogens is 399 g/mol. The van der Waals surface area contributed by atoms with Gasteiger partial charge in [-0.25, -0.2) is 4.79 Å². The van der Waals surface area contributed by atoms with Gasteiger partial charge in [0.15, 0.2) is 18.1 Å². The van der Waals surface area contributed by atoms with E-state index in [0.29, 0.717) is 18.1 Å². The number of esters is 1. The summed E-state index contributed by atoms with van der Waals surface area (Å²) in [4.78, 5) is 34.0. The molecule has 0 aliphatic rings. The molecule has 1 amide bonds. The van der Waals surface area contributed by atoms with Crippen molar-refractivity contribution in [2.75, 3.05) is 25.6 Å². The number of nitro benzene ring substituents is 1. The maximum Gasteiger partial charge on any atom is 0.338 e. The number of nitrogens with one attached hydrogen (secondary N) is 1. The van der Waals surface area contributed by atoms with E-state index in [0.717, 1.165) is 31.0 Å². The molecular formula is C20H21FN2O7. The first-order valence-corrected chi connectivity index (χ1v) is 9.07. The number of benzene rings is 2. The van der Waals surface area contributed by atoms with E-state index in [1.807, 2.05) is 6.92 Å². The van der Waals surface area contributed by atoms with Crippen LogP contribution in [-0.4, -0.2) is 37.1 Å². The van der Waals surface area contributed by atoms with E-state index in [9.17, 15) is 24.1 Å². The molecule has 0 bridgehead atoms. The molecule has 0 radical (unpaired) electrons. The number of amides is 1. The maximum absolute atomic E-state index is 13.3. The van der Waals surface area contributed by atoms with E-state index in [4.69, 9.17) is 14.2 Å². The molecule has 1 N–H and O–H groups in total. The van der Waals surface area contributed by atoms with Crippen molar-refractivity contribution in [2.24, 2.45) is 0 Å². The summed E-state index contributed by atoms with van der Waals surface area (Å²) in [6.45, 7) is 1.91. The molecule has 0 saturated heterocycles. The zero-order chi connectivity index (χ0) is 22.1. The fourth-order valence-electron chi connectivity index (χ4n) is 2.38. The van der Waals surface area contributed by atoms with E-state index in [2.05, 4.69) is 5.32 Å². The summed E-state index contributed by atoms with van der Waals surface area (Å²) < 4.78 is 29.1. The summed E-state index contributed by atoms with van der Waals surface area (Å²) >= 11 is 0. The van der Waals surface area contributed by atoms with Gasteiger partial charge in [-0.2, -0.15) is 4.39 Å². The number of anilines is 1. The zero-order valence-corrected chi connectivity index (χ0v) is 16.5. The number of carbonyl (C=O) groups is 2. The van der Waals surface area contributed by atoms with Crippen molar-refractivity contribution in [1.82, 2.24) is 0 Å². The van der Waals surface area contributed by atoms with Gasteiger partial charge in [0.1, 0.15) is 0 Å². The van der Waals surface area contributed by atoms with Gasteiger partial charge < -0.3 is 19.5 Å². The van der Waals surface area contributed by atoms with Crippen LogP contribution in [-0.2, 0) is 9.53 Å². The fraction of sp³-hybridized carbons (Fsp3) is 0.300. The lowest BCUT2D eigenvalue weighted by molar-refractivity contribution is -0.387. The minimum atomic E-state index is -1.03. The molecule has 0 aromatic heterocycles. The minimum absolute atomic E-state index is 0.000556. The SMILES string of the molecule is CCCCOc1ccc(C(=O)OCC(=O)Nc2ccc(F)c([N+](=O)[O-])c2)cc1OC. The lowest BCUT2D eigenvalue weighted by Crippen LogP contribution is -2.21. The van der Waals surface area contributed by atoms with Gasteiger partial charge in [0.05, 0.1) is 24.2 Å². The van der Waals surface area contributed by atoms with Crippen molar-refractivity contribution in [3.63, 3.8) is 0 Å². The molecule has 0 spiro atoms. The Kier molecular flexibility index (Phi) is 8.09. The van der Waals surface area contributed by atoms with Crippen LogP contribution in [0.25, 0.3) is 0 Å². The Morgan fingerprint density at radius 3 is 2.60 bits per heavy atom. The third-order valence-corrected chi connectivity index (χ3v) is 3.92. The van der Waals surface area contributed by atoms with E-state index >= 15 is 0 Å². The number of ether oxygens (including phenoxy) is 3. The predicted octanol–water partition coefficient (Wildman–Crippen LogP) is 3.72. The number of methoxy groups -OCH3 is 1. The topological polar surface area (TPSA) is 117 Å². The number of nitro groups is 1. The first kappa shape index (κ1) is 22.6. The molecule has 0 unspecified atom stereocenters. The molecule has 160 valence electrons. The van der Waals surface area contributed by atoms with Crippen LogP contribution >= 0.6 is 0 Å². The average molecular weight is 420 g/mol. The van der Waals surface area contributed by atoms with Gasteiger partial charge in [-0.05, 0) is 36.8 Å². The van der Waals surface area contributed by atoms with Crippen molar-refractivity contribution >= 4 is 23.3 Å². The van der Waals surface area contributed by atoms with Gasteiger partial charge in [-0.3, -0.25) is 14.9 Å². The Balaban J connectivity index is 1.95. The molecule has 0 heterocycles. The van der Waals surface area contributed by atoms with E-state index in [1.54, 1.807) is 6.07 Å². The van der Waals surface area contributed by atoms with Crippen LogP contribution in [0.15, 0.2) is 36.4 Å². The highest BCUT2D eigenvalue weighted by Crippen LogP contribution is 2.28. The minimum Gasteiger partial charge on any atom is -0.493 e. The van der Waals surface area contributed by atoms with Crippen LogP contribution in [0.4, 0.5) is 15.8 Å². The highest BCUT2D eigenvalue weighted by Gasteiger charge is 2.17. The largest absolute Gasteiger partial charge is 0.493 e.